The maximum absolute atomic E-state index is 13.8. The average Bonchev–Trinajstić information content (AvgIpc) is 3.09. The summed E-state index contributed by atoms with van der Waals surface area (Å²) in [7, 11) is 0. The van der Waals surface area contributed by atoms with Crippen LogP contribution in [0.25, 0.3) is 0 Å². The number of Topliss-reactive ketones (excluding diaryl/α,β-unsaturated/α-hetero) is 1. The van der Waals surface area contributed by atoms with Gasteiger partial charge in [-0.3, -0.25) is 14.4 Å². The molecule has 198 valence electrons. The van der Waals surface area contributed by atoms with E-state index < -0.39 is 23.0 Å². The van der Waals surface area contributed by atoms with E-state index in [1.807, 2.05) is 13.0 Å². The summed E-state index contributed by atoms with van der Waals surface area (Å²) in [6.45, 7) is 10.9. The van der Waals surface area contributed by atoms with Crippen molar-refractivity contribution in [1.82, 2.24) is 0 Å². The van der Waals surface area contributed by atoms with Gasteiger partial charge >= 0.3 is 11.9 Å². The number of allylic oxidation sites excluding steroid dienone is 4. The Balaban J connectivity index is 1.59. The van der Waals surface area contributed by atoms with Gasteiger partial charge in [0, 0.05) is 23.0 Å². The molecule has 7 heteroatoms. The number of ether oxygens (including phenoxy) is 2. The molecule has 9 atom stereocenters. The van der Waals surface area contributed by atoms with Crippen LogP contribution in [-0.2, 0) is 28.7 Å². The summed E-state index contributed by atoms with van der Waals surface area (Å²) in [6.07, 6.45) is 8.64. The van der Waals surface area contributed by atoms with E-state index in [1.165, 1.54) is 13.8 Å². The topological polar surface area (TPSA) is 107 Å². The first-order chi connectivity index (χ1) is 17.4. The van der Waals surface area contributed by atoms with E-state index in [9.17, 15) is 24.3 Å². The molecule has 1 spiro atoms. The van der Waals surface area contributed by atoms with Crippen LogP contribution in [0.5, 0.6) is 0 Å². The Morgan fingerprint density at radius 1 is 1.11 bits per heavy atom. The maximum atomic E-state index is 13.8. The summed E-state index contributed by atoms with van der Waals surface area (Å²) in [5.74, 6) is -2.17. The van der Waals surface area contributed by atoms with Crippen molar-refractivity contribution in [1.29, 1.82) is 0 Å². The molecule has 1 N–H and O–H groups in total. The maximum Gasteiger partial charge on any atom is 0.334 e. The normalized spacial score (nSPS) is 43.2. The first-order valence-electron chi connectivity index (χ1n) is 13.3. The van der Waals surface area contributed by atoms with Crippen molar-refractivity contribution in [3.05, 3.63) is 47.6 Å². The number of esters is 2. The Hall–Kier alpha value is -2.80. The highest BCUT2D eigenvalue weighted by molar-refractivity contribution is 6.03. The molecule has 0 aromatic rings. The van der Waals surface area contributed by atoms with Crippen LogP contribution >= 0.6 is 0 Å². The molecule has 2 aliphatic heterocycles. The van der Waals surface area contributed by atoms with Gasteiger partial charge in [0.25, 0.3) is 0 Å². The average molecular weight is 509 g/mol. The number of carbonyl (C=O) groups excluding carboxylic acids is 4. The second-order valence-corrected chi connectivity index (χ2v) is 11.9. The first kappa shape index (κ1) is 25.8. The number of rotatable bonds is 3. The summed E-state index contributed by atoms with van der Waals surface area (Å²) in [5.41, 5.74) is -0.724. The summed E-state index contributed by atoms with van der Waals surface area (Å²) < 4.78 is 11.6. The Morgan fingerprint density at radius 2 is 1.84 bits per heavy atom. The number of fused-ring (bicyclic) bond motifs is 4. The first-order valence-corrected chi connectivity index (χ1v) is 13.3. The van der Waals surface area contributed by atoms with Gasteiger partial charge < -0.3 is 14.6 Å². The minimum absolute atomic E-state index is 0.0365. The van der Waals surface area contributed by atoms with Crippen LogP contribution in [0.1, 0.15) is 59.8 Å². The molecule has 2 saturated heterocycles. The van der Waals surface area contributed by atoms with Gasteiger partial charge in [-0.15, -0.1) is 0 Å². The monoisotopic (exact) mass is 508 g/mol. The molecule has 1 unspecified atom stereocenters. The molecule has 3 fully saturated rings. The van der Waals surface area contributed by atoms with Crippen LogP contribution < -0.4 is 0 Å². The van der Waals surface area contributed by atoms with E-state index in [-0.39, 0.29) is 59.8 Å². The highest BCUT2D eigenvalue weighted by atomic mass is 16.6. The molecule has 2 heterocycles. The fraction of sp³-hybridized carbons (Fsp3) is 0.600. The number of hydrogen-bond donors (Lipinski definition) is 1. The second kappa shape index (κ2) is 8.90. The molecule has 0 amide bonds. The smallest absolute Gasteiger partial charge is 0.334 e. The highest BCUT2D eigenvalue weighted by Gasteiger charge is 2.66. The van der Waals surface area contributed by atoms with E-state index in [2.05, 4.69) is 19.6 Å². The van der Waals surface area contributed by atoms with E-state index in [0.29, 0.717) is 36.8 Å². The van der Waals surface area contributed by atoms with E-state index in [1.54, 1.807) is 12.2 Å². The number of carbonyl (C=O) groups is 4. The van der Waals surface area contributed by atoms with Crippen molar-refractivity contribution in [3.63, 3.8) is 0 Å². The molecule has 3 aliphatic carbocycles. The van der Waals surface area contributed by atoms with Crippen LogP contribution in [0, 0.1) is 35.0 Å². The standard InChI is InChI=1S/C30H36O7/c1-15-10-26-23(9-8-20(15)7-6-17(3)31)29(28(34)37-26)13-21-12-22-18(4)27(33)36-25(22)11-16(2)30(21,35)14-24(29)19(5)32/h6-8,14-16,21-23,25-26,35H,4,9-13H2,1-3,5H3/b7-6+/t15-,16+,21+,22-,23-,25-,26+,29?,30+/m1/s1. The molecule has 0 bridgehead atoms. The third kappa shape index (κ3) is 3.89. The van der Waals surface area contributed by atoms with Gasteiger partial charge in [-0.05, 0) is 81.4 Å². The fourth-order valence-corrected chi connectivity index (χ4v) is 7.69. The van der Waals surface area contributed by atoms with Crippen molar-refractivity contribution in [2.75, 3.05) is 0 Å². The largest absolute Gasteiger partial charge is 0.461 e. The zero-order chi connectivity index (χ0) is 26.9. The summed E-state index contributed by atoms with van der Waals surface area (Å²) in [6, 6.07) is 0. The fourth-order valence-electron chi connectivity index (χ4n) is 7.69. The van der Waals surface area contributed by atoms with Crippen LogP contribution in [0.2, 0.25) is 0 Å². The Morgan fingerprint density at radius 3 is 2.51 bits per heavy atom. The van der Waals surface area contributed by atoms with Crippen LogP contribution in [0.3, 0.4) is 0 Å². The minimum atomic E-state index is -1.31. The Kier molecular flexibility index (Phi) is 6.21. The lowest BCUT2D eigenvalue weighted by Gasteiger charge is -2.48. The van der Waals surface area contributed by atoms with Crippen molar-refractivity contribution < 1.29 is 33.8 Å². The molecule has 5 aliphatic rings. The van der Waals surface area contributed by atoms with E-state index in [0.717, 1.165) is 5.57 Å². The lowest BCUT2D eigenvalue weighted by molar-refractivity contribution is -0.151. The molecule has 0 aromatic carbocycles. The van der Waals surface area contributed by atoms with E-state index >= 15 is 0 Å². The zero-order valence-corrected chi connectivity index (χ0v) is 22.0. The zero-order valence-electron chi connectivity index (χ0n) is 22.0. The van der Waals surface area contributed by atoms with Crippen molar-refractivity contribution in [2.45, 2.75) is 77.6 Å². The lowest BCUT2D eigenvalue weighted by Crippen LogP contribution is -2.53. The SMILES string of the molecule is C=C1C(=O)O[C@@H]2C[C@H](C)[C@@]3(O)C=C(C(C)=O)C4(C[C@@H]3C[C@H]12)C(=O)O[C@H]1C[C@@H](C)C(/C=C/C(C)=O)=CC[C@H]14. The summed E-state index contributed by atoms with van der Waals surface area (Å²) in [5, 5.41) is 12.0. The van der Waals surface area contributed by atoms with Gasteiger partial charge in [0.15, 0.2) is 11.6 Å². The molecule has 7 nitrogen and oxygen atoms in total. The number of hydrogen-bond acceptors (Lipinski definition) is 7. The van der Waals surface area contributed by atoms with Crippen LogP contribution in [0.15, 0.2) is 47.6 Å². The Bertz CT molecular complexity index is 1170. The molecule has 37 heavy (non-hydrogen) atoms. The second-order valence-electron chi connectivity index (χ2n) is 11.9. The van der Waals surface area contributed by atoms with Gasteiger partial charge in [0.1, 0.15) is 17.6 Å². The predicted octanol–water partition coefficient (Wildman–Crippen LogP) is 3.81. The number of aliphatic hydroxyl groups is 1. The molecular formula is C30H36O7. The summed E-state index contributed by atoms with van der Waals surface area (Å²) in [4.78, 5) is 50.7. The molecule has 0 aromatic heterocycles. The van der Waals surface area contributed by atoms with Crippen LogP contribution in [0.4, 0.5) is 0 Å². The predicted molar refractivity (Wildman–Crippen MR) is 135 cm³/mol. The van der Waals surface area contributed by atoms with Crippen molar-refractivity contribution >= 4 is 23.5 Å². The lowest BCUT2D eigenvalue weighted by atomic mass is 9.54. The van der Waals surface area contributed by atoms with Crippen molar-refractivity contribution in [2.24, 2.45) is 35.0 Å². The molecule has 5 rings (SSSR count). The third-order valence-electron chi connectivity index (χ3n) is 9.77. The quantitative estimate of drug-likeness (QED) is 0.456. The van der Waals surface area contributed by atoms with Gasteiger partial charge in [-0.1, -0.05) is 32.6 Å². The third-order valence-corrected chi connectivity index (χ3v) is 9.77. The van der Waals surface area contributed by atoms with Gasteiger partial charge in [0.05, 0.1) is 5.60 Å². The Labute approximate surface area is 217 Å². The molecular weight excluding hydrogens is 472 g/mol. The van der Waals surface area contributed by atoms with Crippen LogP contribution in [-0.4, -0.2) is 46.4 Å². The molecule has 0 radical (unpaired) electrons. The number of ketones is 2. The summed E-state index contributed by atoms with van der Waals surface area (Å²) >= 11 is 0. The minimum Gasteiger partial charge on any atom is -0.461 e. The molecule has 1 saturated carbocycles. The van der Waals surface area contributed by atoms with E-state index in [4.69, 9.17) is 9.47 Å². The van der Waals surface area contributed by atoms with Gasteiger partial charge in [0.2, 0.25) is 0 Å². The van der Waals surface area contributed by atoms with Gasteiger partial charge in [-0.25, -0.2) is 4.79 Å². The highest BCUT2D eigenvalue weighted by Crippen LogP contribution is 2.61. The van der Waals surface area contributed by atoms with Gasteiger partial charge in [-0.2, -0.15) is 0 Å². The van der Waals surface area contributed by atoms with Crippen molar-refractivity contribution in [3.8, 4) is 0 Å².